The standard InChI is InChI=1S/C18H14N2O2/c1-12-11-18(15-10-6-5-9-14(15)16(21)19-18)20(17(12)22)13-7-3-2-4-8-13/h2-10H,1,11H2,(H,19,21). The molecular weight excluding hydrogens is 276 g/mol. The molecule has 2 aliphatic heterocycles. The Labute approximate surface area is 128 Å². The minimum Gasteiger partial charge on any atom is -0.325 e. The second kappa shape index (κ2) is 4.31. The zero-order valence-corrected chi connectivity index (χ0v) is 11.9. The van der Waals surface area contributed by atoms with Gasteiger partial charge in [-0.3, -0.25) is 14.5 Å². The molecular formula is C18H14N2O2. The molecule has 0 radical (unpaired) electrons. The van der Waals surface area contributed by atoms with Crippen LogP contribution in [0.5, 0.6) is 0 Å². The molecule has 1 unspecified atom stereocenters. The highest BCUT2D eigenvalue weighted by Gasteiger charge is 2.55. The molecule has 1 spiro atoms. The van der Waals surface area contributed by atoms with Gasteiger partial charge in [0.15, 0.2) is 5.66 Å². The number of carbonyl (C=O) groups is 2. The number of carbonyl (C=O) groups excluding carboxylic acids is 2. The van der Waals surface area contributed by atoms with Crippen LogP contribution in [0.3, 0.4) is 0 Å². The number of rotatable bonds is 1. The van der Waals surface area contributed by atoms with Crippen molar-refractivity contribution in [2.24, 2.45) is 0 Å². The van der Waals surface area contributed by atoms with E-state index in [4.69, 9.17) is 0 Å². The third kappa shape index (κ3) is 1.52. The second-order valence-electron chi connectivity index (χ2n) is 5.62. The number of nitrogens with zero attached hydrogens (tertiary/aromatic N) is 1. The lowest BCUT2D eigenvalue weighted by Crippen LogP contribution is -2.51. The van der Waals surface area contributed by atoms with Crippen molar-refractivity contribution in [3.63, 3.8) is 0 Å². The Morgan fingerprint density at radius 2 is 1.68 bits per heavy atom. The van der Waals surface area contributed by atoms with Crippen molar-refractivity contribution < 1.29 is 9.59 Å². The van der Waals surface area contributed by atoms with Crippen LogP contribution >= 0.6 is 0 Å². The summed E-state index contributed by atoms with van der Waals surface area (Å²) in [6.45, 7) is 3.89. The van der Waals surface area contributed by atoms with E-state index in [2.05, 4.69) is 11.9 Å². The van der Waals surface area contributed by atoms with Gasteiger partial charge >= 0.3 is 0 Å². The van der Waals surface area contributed by atoms with Crippen LogP contribution in [0.2, 0.25) is 0 Å². The number of para-hydroxylation sites is 1. The smallest absolute Gasteiger partial charge is 0.255 e. The molecule has 2 aromatic rings. The molecule has 1 fully saturated rings. The third-order valence-electron chi connectivity index (χ3n) is 4.31. The molecule has 4 rings (SSSR count). The molecule has 108 valence electrons. The quantitative estimate of drug-likeness (QED) is 0.821. The topological polar surface area (TPSA) is 49.4 Å². The monoisotopic (exact) mass is 290 g/mol. The summed E-state index contributed by atoms with van der Waals surface area (Å²) in [5.74, 6) is -0.303. The molecule has 2 aromatic carbocycles. The van der Waals surface area contributed by atoms with Crippen molar-refractivity contribution in [2.45, 2.75) is 12.1 Å². The summed E-state index contributed by atoms with van der Waals surface area (Å²) in [4.78, 5) is 26.6. The molecule has 0 aliphatic carbocycles. The highest BCUT2D eigenvalue weighted by molar-refractivity contribution is 6.12. The zero-order valence-electron chi connectivity index (χ0n) is 11.9. The summed E-state index contributed by atoms with van der Waals surface area (Å²) in [5, 5.41) is 3.01. The minimum absolute atomic E-state index is 0.150. The summed E-state index contributed by atoms with van der Waals surface area (Å²) < 4.78 is 0. The maximum atomic E-state index is 12.7. The first kappa shape index (κ1) is 12.8. The van der Waals surface area contributed by atoms with Crippen molar-refractivity contribution >= 4 is 17.5 Å². The molecule has 2 amide bonds. The predicted molar refractivity (Wildman–Crippen MR) is 83.3 cm³/mol. The average Bonchev–Trinajstić information content (AvgIpc) is 2.95. The number of hydrogen-bond acceptors (Lipinski definition) is 2. The molecule has 1 N–H and O–H groups in total. The second-order valence-corrected chi connectivity index (χ2v) is 5.62. The lowest BCUT2D eigenvalue weighted by Gasteiger charge is -2.35. The van der Waals surface area contributed by atoms with Gasteiger partial charge in [0.2, 0.25) is 0 Å². The normalized spacial score (nSPS) is 23.1. The SMILES string of the molecule is C=C1CC2(NC(=O)c3ccccc32)N(c2ccccc2)C1=O. The first-order valence-corrected chi connectivity index (χ1v) is 7.13. The Morgan fingerprint density at radius 3 is 2.45 bits per heavy atom. The summed E-state index contributed by atoms with van der Waals surface area (Å²) in [6, 6.07) is 16.8. The highest BCUT2D eigenvalue weighted by atomic mass is 16.2. The van der Waals surface area contributed by atoms with Gasteiger partial charge in [-0.2, -0.15) is 0 Å². The summed E-state index contributed by atoms with van der Waals surface area (Å²) >= 11 is 0. The van der Waals surface area contributed by atoms with Crippen LogP contribution in [0, 0.1) is 0 Å². The number of hydrogen-bond donors (Lipinski definition) is 1. The van der Waals surface area contributed by atoms with Crippen molar-refractivity contribution in [1.82, 2.24) is 5.32 Å². The Kier molecular flexibility index (Phi) is 2.51. The predicted octanol–water partition coefficient (Wildman–Crippen LogP) is 2.58. The molecule has 0 bridgehead atoms. The van der Waals surface area contributed by atoms with E-state index in [1.807, 2.05) is 48.5 Å². The van der Waals surface area contributed by atoms with E-state index < -0.39 is 5.66 Å². The fourth-order valence-corrected chi connectivity index (χ4v) is 3.39. The van der Waals surface area contributed by atoms with Crippen LogP contribution in [-0.4, -0.2) is 11.8 Å². The van der Waals surface area contributed by atoms with Crippen molar-refractivity contribution in [3.05, 3.63) is 77.9 Å². The number of anilines is 1. The van der Waals surface area contributed by atoms with Gasteiger partial charge < -0.3 is 5.32 Å². The van der Waals surface area contributed by atoms with Gasteiger partial charge in [-0.05, 0) is 18.2 Å². The summed E-state index contributed by atoms with van der Waals surface area (Å²) in [5.41, 5.74) is 1.84. The molecule has 4 heteroatoms. The molecule has 1 atom stereocenters. The van der Waals surface area contributed by atoms with Gasteiger partial charge in [-0.1, -0.05) is 43.0 Å². The van der Waals surface area contributed by atoms with Gasteiger partial charge in [0.1, 0.15) is 0 Å². The third-order valence-corrected chi connectivity index (χ3v) is 4.31. The molecule has 4 nitrogen and oxygen atoms in total. The number of fused-ring (bicyclic) bond motifs is 2. The van der Waals surface area contributed by atoms with E-state index in [0.29, 0.717) is 17.6 Å². The zero-order chi connectivity index (χ0) is 15.3. The fourth-order valence-electron chi connectivity index (χ4n) is 3.39. The Morgan fingerprint density at radius 1 is 1.00 bits per heavy atom. The van der Waals surface area contributed by atoms with E-state index in [9.17, 15) is 9.59 Å². The van der Waals surface area contributed by atoms with Crippen LogP contribution in [0.15, 0.2) is 66.7 Å². The Balaban J connectivity index is 1.96. The van der Waals surface area contributed by atoms with Crippen molar-refractivity contribution in [2.75, 3.05) is 4.90 Å². The van der Waals surface area contributed by atoms with Crippen LogP contribution < -0.4 is 10.2 Å². The maximum absolute atomic E-state index is 12.7. The Hall–Kier alpha value is -2.88. The number of benzene rings is 2. The van der Waals surface area contributed by atoms with Gasteiger partial charge in [-0.15, -0.1) is 0 Å². The van der Waals surface area contributed by atoms with E-state index in [1.165, 1.54) is 0 Å². The van der Waals surface area contributed by atoms with Crippen LogP contribution in [-0.2, 0) is 10.5 Å². The van der Waals surface area contributed by atoms with E-state index in [1.54, 1.807) is 11.0 Å². The lowest BCUT2D eigenvalue weighted by molar-refractivity contribution is -0.114. The number of amides is 2. The van der Waals surface area contributed by atoms with Crippen LogP contribution in [0.1, 0.15) is 22.3 Å². The molecule has 0 saturated carbocycles. The van der Waals surface area contributed by atoms with Gasteiger partial charge in [0.05, 0.1) is 0 Å². The molecule has 2 heterocycles. The van der Waals surface area contributed by atoms with E-state index >= 15 is 0 Å². The van der Waals surface area contributed by atoms with Crippen LogP contribution in [0.4, 0.5) is 5.69 Å². The first-order valence-electron chi connectivity index (χ1n) is 7.13. The summed E-state index contributed by atoms with van der Waals surface area (Å²) in [6.07, 6.45) is 0.392. The highest BCUT2D eigenvalue weighted by Crippen LogP contribution is 2.46. The van der Waals surface area contributed by atoms with E-state index in [0.717, 1.165) is 11.3 Å². The minimum atomic E-state index is -0.858. The lowest BCUT2D eigenvalue weighted by atomic mass is 9.95. The Bertz CT molecular complexity index is 813. The molecule has 2 aliphatic rings. The summed E-state index contributed by atoms with van der Waals surface area (Å²) in [7, 11) is 0. The van der Waals surface area contributed by atoms with E-state index in [-0.39, 0.29) is 11.8 Å². The largest absolute Gasteiger partial charge is 0.325 e. The molecule has 22 heavy (non-hydrogen) atoms. The number of nitrogens with one attached hydrogen (secondary N) is 1. The van der Waals surface area contributed by atoms with Gasteiger partial charge in [-0.25, -0.2) is 0 Å². The van der Waals surface area contributed by atoms with Crippen molar-refractivity contribution in [1.29, 1.82) is 0 Å². The fraction of sp³-hybridized carbons (Fsp3) is 0.111. The average molecular weight is 290 g/mol. The van der Waals surface area contributed by atoms with Crippen molar-refractivity contribution in [3.8, 4) is 0 Å². The maximum Gasteiger partial charge on any atom is 0.255 e. The van der Waals surface area contributed by atoms with Gasteiger partial charge in [0.25, 0.3) is 11.8 Å². The van der Waals surface area contributed by atoms with Crippen LogP contribution in [0.25, 0.3) is 0 Å². The first-order chi connectivity index (χ1) is 10.6. The van der Waals surface area contributed by atoms with Gasteiger partial charge in [0, 0.05) is 28.8 Å². The molecule has 1 saturated heterocycles. The molecule has 0 aromatic heterocycles.